The summed E-state index contributed by atoms with van der Waals surface area (Å²) >= 11 is 0. The molecule has 0 radical (unpaired) electrons. The molecule has 0 amide bonds. The van der Waals surface area contributed by atoms with Gasteiger partial charge in [0.15, 0.2) is 0 Å². The molecule has 1 atom stereocenters. The maximum Gasteiger partial charge on any atom is 0.220 e. The van der Waals surface area contributed by atoms with Crippen molar-refractivity contribution in [3.05, 3.63) is 12.3 Å². The van der Waals surface area contributed by atoms with Gasteiger partial charge in [-0.15, -0.1) is 10.2 Å². The van der Waals surface area contributed by atoms with E-state index in [4.69, 9.17) is 4.42 Å². The molecule has 4 heterocycles. The summed E-state index contributed by atoms with van der Waals surface area (Å²) in [6, 6.07) is 0. The number of aromatic nitrogens is 2. The molecule has 4 rings (SSSR count). The molecule has 70 valence electrons. The van der Waals surface area contributed by atoms with Crippen LogP contribution in [0.15, 0.2) is 10.8 Å². The quantitative estimate of drug-likeness (QED) is 0.641. The van der Waals surface area contributed by atoms with Gasteiger partial charge in [-0.25, -0.2) is 0 Å². The fourth-order valence-corrected chi connectivity index (χ4v) is 2.59. The third-order valence-corrected chi connectivity index (χ3v) is 3.35. The molecule has 0 saturated carbocycles. The molecule has 0 aromatic carbocycles. The number of hydrogen-bond acceptors (Lipinski definition) is 4. The van der Waals surface area contributed by atoms with E-state index >= 15 is 0 Å². The minimum atomic E-state index is 0.505. The van der Waals surface area contributed by atoms with Gasteiger partial charge in [0, 0.05) is 6.54 Å². The van der Waals surface area contributed by atoms with E-state index in [0.717, 1.165) is 18.4 Å². The zero-order valence-corrected chi connectivity index (χ0v) is 7.52. The molecule has 0 N–H and O–H groups in total. The second-order valence-electron chi connectivity index (χ2n) is 4.02. The van der Waals surface area contributed by atoms with E-state index < -0.39 is 0 Å². The number of hydrogen-bond donors (Lipinski definition) is 0. The average Bonchev–Trinajstić information content (AvgIpc) is 2.72. The Hall–Kier alpha value is -0.900. The summed E-state index contributed by atoms with van der Waals surface area (Å²) in [5.74, 6) is 2.13. The summed E-state index contributed by atoms with van der Waals surface area (Å²) in [5.41, 5.74) is 0. The molecular weight excluding hydrogens is 166 g/mol. The Bertz CT molecular complexity index is 277. The number of rotatable bonds is 1. The van der Waals surface area contributed by atoms with Gasteiger partial charge >= 0.3 is 0 Å². The van der Waals surface area contributed by atoms with E-state index in [1.807, 2.05) is 0 Å². The highest BCUT2D eigenvalue weighted by molar-refractivity contribution is 5.00. The van der Waals surface area contributed by atoms with Crippen LogP contribution >= 0.6 is 0 Å². The third-order valence-electron chi connectivity index (χ3n) is 3.35. The fraction of sp³-hybridized carbons (Fsp3) is 0.778. The molecule has 4 nitrogen and oxygen atoms in total. The summed E-state index contributed by atoms with van der Waals surface area (Å²) < 4.78 is 5.28. The van der Waals surface area contributed by atoms with Crippen LogP contribution in [0.3, 0.4) is 0 Å². The highest BCUT2D eigenvalue weighted by atomic mass is 16.4. The van der Waals surface area contributed by atoms with Crippen molar-refractivity contribution >= 4 is 0 Å². The number of piperidine rings is 3. The first-order valence-electron chi connectivity index (χ1n) is 4.92. The second-order valence-corrected chi connectivity index (χ2v) is 4.02. The van der Waals surface area contributed by atoms with Crippen molar-refractivity contribution in [3.8, 4) is 0 Å². The van der Waals surface area contributed by atoms with Gasteiger partial charge in [-0.2, -0.15) is 0 Å². The summed E-state index contributed by atoms with van der Waals surface area (Å²) in [5, 5.41) is 7.76. The zero-order valence-electron chi connectivity index (χ0n) is 7.52. The van der Waals surface area contributed by atoms with Crippen LogP contribution < -0.4 is 0 Å². The van der Waals surface area contributed by atoms with Gasteiger partial charge in [-0.3, -0.25) is 0 Å². The predicted octanol–water partition coefficient (Wildman–Crippen LogP) is 0.879. The van der Waals surface area contributed by atoms with Crippen LogP contribution in [0, 0.1) is 5.92 Å². The molecule has 0 spiro atoms. The molecule has 3 fully saturated rings. The second kappa shape index (κ2) is 2.80. The van der Waals surface area contributed by atoms with Crippen molar-refractivity contribution in [3.63, 3.8) is 0 Å². The summed E-state index contributed by atoms with van der Waals surface area (Å²) in [6.07, 6.45) is 4.03. The van der Waals surface area contributed by atoms with Crippen LogP contribution in [0.5, 0.6) is 0 Å². The number of fused-ring (bicyclic) bond motifs is 3. The van der Waals surface area contributed by atoms with E-state index in [2.05, 4.69) is 15.1 Å². The Balaban J connectivity index is 1.85. The van der Waals surface area contributed by atoms with Crippen LogP contribution in [0.4, 0.5) is 0 Å². The molecule has 1 unspecified atom stereocenters. The van der Waals surface area contributed by atoms with Crippen LogP contribution in [0.2, 0.25) is 0 Å². The van der Waals surface area contributed by atoms with Crippen molar-refractivity contribution in [1.82, 2.24) is 15.1 Å². The van der Waals surface area contributed by atoms with E-state index in [1.165, 1.54) is 32.3 Å². The Morgan fingerprint density at radius 3 is 2.77 bits per heavy atom. The standard InChI is InChI=1S/C9H13N3O/c1-3-12-4-2-7(1)8(5-12)9-11-10-6-13-9/h6-8H,1-5H2. The fourth-order valence-electron chi connectivity index (χ4n) is 2.59. The topological polar surface area (TPSA) is 42.2 Å². The highest BCUT2D eigenvalue weighted by Gasteiger charge is 2.37. The Kier molecular flexibility index (Phi) is 1.62. The Labute approximate surface area is 76.9 Å². The van der Waals surface area contributed by atoms with Crippen LogP contribution in [-0.4, -0.2) is 34.7 Å². The lowest BCUT2D eigenvalue weighted by molar-refractivity contribution is 0.0755. The molecule has 3 aliphatic heterocycles. The molecule has 2 bridgehead atoms. The highest BCUT2D eigenvalue weighted by Crippen LogP contribution is 2.37. The molecule has 3 aliphatic rings. The molecule has 0 aliphatic carbocycles. The van der Waals surface area contributed by atoms with Crippen molar-refractivity contribution in [2.24, 2.45) is 5.92 Å². The Morgan fingerprint density at radius 2 is 2.23 bits per heavy atom. The third kappa shape index (κ3) is 1.16. The summed E-state index contributed by atoms with van der Waals surface area (Å²) in [6.45, 7) is 3.64. The lowest BCUT2D eigenvalue weighted by atomic mass is 9.79. The smallest absolute Gasteiger partial charge is 0.220 e. The maximum atomic E-state index is 5.28. The number of nitrogens with zero attached hydrogens (tertiary/aromatic N) is 3. The summed E-state index contributed by atoms with van der Waals surface area (Å²) in [4.78, 5) is 2.49. The SMILES string of the molecule is c1nnc(C2CN3CCC2CC3)o1. The summed E-state index contributed by atoms with van der Waals surface area (Å²) in [7, 11) is 0. The predicted molar refractivity (Wildman–Crippen MR) is 46.2 cm³/mol. The lowest BCUT2D eigenvalue weighted by Crippen LogP contribution is -2.46. The zero-order chi connectivity index (χ0) is 8.67. The molecule has 1 aromatic rings. The largest absolute Gasteiger partial charge is 0.428 e. The molecule has 3 saturated heterocycles. The minimum Gasteiger partial charge on any atom is -0.428 e. The van der Waals surface area contributed by atoms with Gasteiger partial charge < -0.3 is 9.32 Å². The first-order chi connectivity index (χ1) is 6.43. The van der Waals surface area contributed by atoms with Gasteiger partial charge in [-0.1, -0.05) is 0 Å². The maximum absolute atomic E-state index is 5.28. The minimum absolute atomic E-state index is 0.505. The van der Waals surface area contributed by atoms with Gasteiger partial charge in [0.25, 0.3) is 0 Å². The van der Waals surface area contributed by atoms with E-state index in [1.54, 1.807) is 0 Å². The first kappa shape index (κ1) is 7.50. The van der Waals surface area contributed by atoms with Crippen molar-refractivity contribution in [1.29, 1.82) is 0 Å². The van der Waals surface area contributed by atoms with Crippen molar-refractivity contribution in [2.75, 3.05) is 19.6 Å². The lowest BCUT2D eigenvalue weighted by Gasteiger charge is -2.43. The van der Waals surface area contributed by atoms with E-state index in [-0.39, 0.29) is 0 Å². The van der Waals surface area contributed by atoms with E-state index in [0.29, 0.717) is 5.92 Å². The Morgan fingerprint density at radius 1 is 1.38 bits per heavy atom. The van der Waals surface area contributed by atoms with E-state index in [9.17, 15) is 0 Å². The van der Waals surface area contributed by atoms with Gasteiger partial charge in [0.1, 0.15) is 0 Å². The average molecular weight is 179 g/mol. The van der Waals surface area contributed by atoms with Crippen molar-refractivity contribution < 1.29 is 4.42 Å². The molecule has 13 heavy (non-hydrogen) atoms. The van der Waals surface area contributed by atoms with Crippen LogP contribution in [0.25, 0.3) is 0 Å². The van der Waals surface area contributed by atoms with Gasteiger partial charge in [-0.05, 0) is 31.8 Å². The van der Waals surface area contributed by atoms with Crippen molar-refractivity contribution in [2.45, 2.75) is 18.8 Å². The van der Waals surface area contributed by atoms with Crippen LogP contribution in [-0.2, 0) is 0 Å². The van der Waals surface area contributed by atoms with Gasteiger partial charge in [0.2, 0.25) is 12.3 Å². The normalized spacial score (nSPS) is 38.0. The molecule has 1 aromatic heterocycles. The molecular formula is C9H13N3O. The van der Waals surface area contributed by atoms with Gasteiger partial charge in [0.05, 0.1) is 5.92 Å². The monoisotopic (exact) mass is 179 g/mol. The first-order valence-corrected chi connectivity index (χ1v) is 4.92. The van der Waals surface area contributed by atoms with Crippen LogP contribution in [0.1, 0.15) is 24.7 Å². The molecule has 4 heteroatoms.